The fourth-order valence-corrected chi connectivity index (χ4v) is 3.35. The number of likely N-dealkylation sites (tertiary alicyclic amines) is 1. The van der Waals surface area contributed by atoms with Crippen LogP contribution in [0.4, 0.5) is 0 Å². The molecule has 0 bridgehead atoms. The number of ether oxygens (including phenoxy) is 1. The van der Waals surface area contributed by atoms with Crippen molar-refractivity contribution < 1.29 is 14.4 Å². The van der Waals surface area contributed by atoms with Crippen molar-refractivity contribution in [2.45, 2.75) is 51.3 Å². The van der Waals surface area contributed by atoms with Crippen LogP contribution in [0, 0.1) is 0 Å². The maximum Gasteiger partial charge on any atom is 0.241 e. The normalized spacial score (nSPS) is 20.0. The summed E-state index contributed by atoms with van der Waals surface area (Å²) in [6.45, 7) is 3.54. The summed E-state index contributed by atoms with van der Waals surface area (Å²) < 4.78 is 10.8. The minimum Gasteiger partial charge on any atom is -0.496 e. The van der Waals surface area contributed by atoms with Gasteiger partial charge < -0.3 is 14.4 Å². The Hall–Kier alpha value is -1.92. The molecular formula is C18H25N3O3. The molecule has 1 aliphatic heterocycles. The lowest BCUT2D eigenvalue weighted by molar-refractivity contribution is 0.0145. The van der Waals surface area contributed by atoms with Crippen molar-refractivity contribution in [3.05, 3.63) is 30.2 Å². The van der Waals surface area contributed by atoms with Gasteiger partial charge in [-0.1, -0.05) is 30.6 Å². The molecule has 0 spiro atoms. The van der Waals surface area contributed by atoms with Gasteiger partial charge in [0.2, 0.25) is 11.7 Å². The molecule has 6 nitrogen and oxygen atoms in total. The molecule has 1 N–H and O–H groups in total. The quantitative estimate of drug-likeness (QED) is 0.877. The number of hydrogen-bond donors (Lipinski definition) is 1. The number of aromatic nitrogens is 2. The summed E-state index contributed by atoms with van der Waals surface area (Å²) in [6, 6.07) is 7.80. The average molecular weight is 331 g/mol. The summed E-state index contributed by atoms with van der Waals surface area (Å²) in [5.41, 5.74) is 0.818. The van der Waals surface area contributed by atoms with E-state index < -0.39 is 0 Å². The number of hydrogen-bond acceptors (Lipinski definition) is 6. The van der Waals surface area contributed by atoms with E-state index in [1.54, 1.807) is 7.11 Å². The molecule has 0 radical (unpaired) electrons. The lowest BCUT2D eigenvalue weighted by Gasteiger charge is -2.37. The summed E-state index contributed by atoms with van der Waals surface area (Å²) in [6.07, 6.45) is 3.77. The third-order valence-corrected chi connectivity index (χ3v) is 4.68. The third kappa shape index (κ3) is 3.60. The van der Waals surface area contributed by atoms with Gasteiger partial charge in [0.05, 0.1) is 25.3 Å². The van der Waals surface area contributed by atoms with Gasteiger partial charge in [-0.15, -0.1) is 0 Å². The zero-order valence-electron chi connectivity index (χ0n) is 14.3. The maximum absolute atomic E-state index is 10.3. The molecular weight excluding hydrogens is 306 g/mol. The van der Waals surface area contributed by atoms with Crippen molar-refractivity contribution in [2.75, 3.05) is 13.7 Å². The Kier molecular flexibility index (Phi) is 5.48. The first-order valence-electron chi connectivity index (χ1n) is 8.61. The van der Waals surface area contributed by atoms with E-state index in [9.17, 15) is 5.11 Å². The second-order valence-electron chi connectivity index (χ2n) is 6.22. The highest BCUT2D eigenvalue weighted by Crippen LogP contribution is 2.28. The Morgan fingerprint density at radius 2 is 2.21 bits per heavy atom. The number of nitrogens with zero attached hydrogens (tertiary/aromatic N) is 3. The second-order valence-corrected chi connectivity index (χ2v) is 6.22. The smallest absolute Gasteiger partial charge is 0.241 e. The molecule has 1 aliphatic rings. The van der Waals surface area contributed by atoms with Crippen molar-refractivity contribution in [2.24, 2.45) is 0 Å². The summed E-state index contributed by atoms with van der Waals surface area (Å²) >= 11 is 0. The summed E-state index contributed by atoms with van der Waals surface area (Å²) in [4.78, 5) is 6.78. The van der Waals surface area contributed by atoms with Crippen LogP contribution in [0.3, 0.4) is 0 Å². The van der Waals surface area contributed by atoms with Gasteiger partial charge in [0, 0.05) is 6.04 Å². The second kappa shape index (κ2) is 7.77. The van der Waals surface area contributed by atoms with Gasteiger partial charge in [-0.3, -0.25) is 4.90 Å². The van der Waals surface area contributed by atoms with Crippen molar-refractivity contribution in [1.82, 2.24) is 15.0 Å². The molecule has 1 aromatic heterocycles. The molecule has 2 heterocycles. The van der Waals surface area contributed by atoms with Gasteiger partial charge in [-0.25, -0.2) is 0 Å². The Morgan fingerprint density at radius 3 is 3.00 bits per heavy atom. The van der Waals surface area contributed by atoms with E-state index in [1.807, 2.05) is 31.2 Å². The molecule has 1 fully saturated rings. The molecule has 3 rings (SSSR count). The fourth-order valence-electron chi connectivity index (χ4n) is 3.35. The van der Waals surface area contributed by atoms with E-state index in [-0.39, 0.29) is 12.1 Å². The van der Waals surface area contributed by atoms with Crippen LogP contribution in [-0.4, -0.2) is 45.9 Å². The van der Waals surface area contributed by atoms with Gasteiger partial charge in [-0.2, -0.15) is 4.98 Å². The van der Waals surface area contributed by atoms with Crippen LogP contribution in [0.5, 0.6) is 5.75 Å². The minimum absolute atomic E-state index is 0.172. The highest BCUT2D eigenvalue weighted by Gasteiger charge is 2.29. The SMILES string of the molecule is CCC(O)C1CCCCN1Cc1nc(-c2ccccc2OC)no1. The molecule has 0 aliphatic carbocycles. The van der Waals surface area contributed by atoms with Crippen LogP contribution in [0.1, 0.15) is 38.5 Å². The molecule has 1 saturated heterocycles. The van der Waals surface area contributed by atoms with Gasteiger partial charge in [0.15, 0.2) is 0 Å². The van der Waals surface area contributed by atoms with E-state index in [0.29, 0.717) is 18.3 Å². The highest BCUT2D eigenvalue weighted by atomic mass is 16.5. The lowest BCUT2D eigenvalue weighted by Crippen LogP contribution is -2.46. The lowest BCUT2D eigenvalue weighted by atomic mass is 9.96. The first kappa shape index (κ1) is 16.9. The highest BCUT2D eigenvalue weighted by molar-refractivity contribution is 5.63. The number of rotatable bonds is 6. The molecule has 0 amide bonds. The van der Waals surface area contributed by atoms with Crippen LogP contribution in [0.15, 0.2) is 28.8 Å². The predicted octanol–water partition coefficient (Wildman–Crippen LogP) is 2.87. The van der Waals surface area contributed by atoms with E-state index in [0.717, 1.165) is 43.5 Å². The van der Waals surface area contributed by atoms with Crippen LogP contribution >= 0.6 is 0 Å². The monoisotopic (exact) mass is 331 g/mol. The first-order valence-corrected chi connectivity index (χ1v) is 8.61. The van der Waals surface area contributed by atoms with Gasteiger partial charge >= 0.3 is 0 Å². The molecule has 130 valence electrons. The Labute approximate surface area is 142 Å². The van der Waals surface area contributed by atoms with E-state index in [2.05, 4.69) is 15.0 Å². The van der Waals surface area contributed by atoms with Crippen molar-refractivity contribution in [3.63, 3.8) is 0 Å². The van der Waals surface area contributed by atoms with E-state index in [1.165, 1.54) is 0 Å². The zero-order chi connectivity index (χ0) is 16.9. The topological polar surface area (TPSA) is 71.6 Å². The molecule has 1 aromatic carbocycles. The number of aliphatic hydroxyl groups is 1. The molecule has 6 heteroatoms. The Morgan fingerprint density at radius 1 is 1.38 bits per heavy atom. The number of aliphatic hydroxyl groups excluding tert-OH is 1. The van der Waals surface area contributed by atoms with Crippen LogP contribution in [0.2, 0.25) is 0 Å². The number of para-hydroxylation sites is 1. The van der Waals surface area contributed by atoms with Gasteiger partial charge in [0.1, 0.15) is 5.75 Å². The molecule has 2 atom stereocenters. The van der Waals surface area contributed by atoms with Gasteiger partial charge in [-0.05, 0) is 37.9 Å². The molecule has 24 heavy (non-hydrogen) atoms. The Balaban J connectivity index is 1.75. The first-order chi connectivity index (χ1) is 11.7. The molecule has 0 saturated carbocycles. The van der Waals surface area contributed by atoms with Crippen molar-refractivity contribution in [3.8, 4) is 17.1 Å². The van der Waals surface area contributed by atoms with Crippen LogP contribution in [0.25, 0.3) is 11.4 Å². The van der Waals surface area contributed by atoms with E-state index >= 15 is 0 Å². The maximum atomic E-state index is 10.3. The predicted molar refractivity (Wildman–Crippen MR) is 90.6 cm³/mol. The largest absolute Gasteiger partial charge is 0.496 e. The minimum atomic E-state index is -0.304. The summed E-state index contributed by atoms with van der Waals surface area (Å²) in [7, 11) is 1.63. The van der Waals surface area contributed by atoms with Crippen molar-refractivity contribution >= 4 is 0 Å². The fraction of sp³-hybridized carbons (Fsp3) is 0.556. The van der Waals surface area contributed by atoms with Crippen LogP contribution < -0.4 is 4.74 Å². The Bertz CT molecular complexity index is 658. The average Bonchev–Trinajstić information content (AvgIpc) is 3.09. The summed E-state index contributed by atoms with van der Waals surface area (Å²) in [5.74, 6) is 1.83. The van der Waals surface area contributed by atoms with Crippen LogP contribution in [-0.2, 0) is 6.54 Å². The molecule has 2 unspecified atom stereocenters. The summed E-state index contributed by atoms with van der Waals surface area (Å²) in [5, 5.41) is 14.4. The number of piperidine rings is 1. The van der Waals surface area contributed by atoms with E-state index in [4.69, 9.17) is 9.26 Å². The number of benzene rings is 1. The third-order valence-electron chi connectivity index (χ3n) is 4.68. The molecule has 2 aromatic rings. The number of methoxy groups -OCH3 is 1. The zero-order valence-corrected chi connectivity index (χ0v) is 14.3. The standard InChI is InChI=1S/C18H25N3O3/c1-3-15(22)14-9-6-7-11-21(14)12-17-19-18(20-24-17)13-8-4-5-10-16(13)23-2/h4-5,8,10,14-15,22H,3,6-7,9,11-12H2,1-2H3. The van der Waals surface area contributed by atoms with Gasteiger partial charge in [0.25, 0.3) is 0 Å². The van der Waals surface area contributed by atoms with Crippen molar-refractivity contribution in [1.29, 1.82) is 0 Å².